The molecule has 0 heterocycles. The molecule has 0 aliphatic rings. The quantitative estimate of drug-likeness (QED) is 0.787. The maximum atomic E-state index is 12.2. The second-order valence-corrected chi connectivity index (χ2v) is 4.19. The Hall–Kier alpha value is -2.42. The van der Waals surface area contributed by atoms with Crippen molar-refractivity contribution in [3.05, 3.63) is 65.2 Å². The van der Waals surface area contributed by atoms with Crippen LogP contribution in [-0.2, 0) is 0 Å². The van der Waals surface area contributed by atoms with E-state index in [1.807, 2.05) is 0 Å². The highest BCUT2D eigenvalue weighted by Crippen LogP contribution is 2.15. The van der Waals surface area contributed by atoms with Gasteiger partial charge < -0.3 is 4.74 Å². The number of benzene rings is 2. The lowest BCUT2D eigenvalue weighted by Crippen LogP contribution is -2.02. The summed E-state index contributed by atoms with van der Waals surface area (Å²) in [4.78, 5) is 23.4. The van der Waals surface area contributed by atoms with E-state index in [0.29, 0.717) is 22.4 Å². The summed E-state index contributed by atoms with van der Waals surface area (Å²) in [5.41, 5.74) is 1.76. The molecule has 2 rings (SSSR count). The first-order chi connectivity index (χ1) is 9.11. The lowest BCUT2D eigenvalue weighted by atomic mass is 10.0. The lowest BCUT2D eigenvalue weighted by molar-refractivity contribution is 0.101. The maximum Gasteiger partial charge on any atom is 0.193 e. The Morgan fingerprint density at radius 2 is 1.21 bits per heavy atom. The smallest absolute Gasteiger partial charge is 0.193 e. The van der Waals surface area contributed by atoms with Crippen molar-refractivity contribution in [1.82, 2.24) is 0 Å². The number of carbonyl (C=O) groups excluding carboxylic acids is 2. The maximum absolute atomic E-state index is 12.2. The highest BCUT2D eigenvalue weighted by molar-refractivity contribution is 6.09. The van der Waals surface area contributed by atoms with Gasteiger partial charge >= 0.3 is 0 Å². The Morgan fingerprint density at radius 1 is 0.789 bits per heavy atom. The van der Waals surface area contributed by atoms with E-state index < -0.39 is 0 Å². The number of carbonyl (C=O) groups is 2. The molecule has 0 saturated carbocycles. The first-order valence-corrected chi connectivity index (χ1v) is 5.91. The molecule has 2 aromatic carbocycles. The molecule has 19 heavy (non-hydrogen) atoms. The Balaban J connectivity index is 2.25. The molecule has 0 amide bonds. The number of hydrogen-bond acceptors (Lipinski definition) is 3. The van der Waals surface area contributed by atoms with Crippen LogP contribution in [0.2, 0.25) is 0 Å². The third kappa shape index (κ3) is 2.88. The van der Waals surface area contributed by atoms with Gasteiger partial charge in [0.2, 0.25) is 0 Å². The van der Waals surface area contributed by atoms with Gasteiger partial charge in [-0.3, -0.25) is 9.59 Å². The van der Waals surface area contributed by atoms with Crippen molar-refractivity contribution in [2.45, 2.75) is 6.92 Å². The molecule has 0 aromatic heterocycles. The van der Waals surface area contributed by atoms with Crippen molar-refractivity contribution in [3.8, 4) is 5.75 Å². The molecular weight excluding hydrogens is 240 g/mol. The van der Waals surface area contributed by atoms with Crippen LogP contribution in [0.3, 0.4) is 0 Å². The summed E-state index contributed by atoms with van der Waals surface area (Å²) < 4.78 is 5.05. The molecule has 0 aliphatic carbocycles. The van der Waals surface area contributed by atoms with E-state index in [2.05, 4.69) is 0 Å². The molecule has 0 atom stereocenters. The molecule has 0 bridgehead atoms. The molecule has 0 fully saturated rings. The van der Waals surface area contributed by atoms with Crippen LogP contribution < -0.4 is 4.74 Å². The number of ketones is 2. The van der Waals surface area contributed by atoms with Crippen LogP contribution in [0.25, 0.3) is 0 Å². The van der Waals surface area contributed by atoms with E-state index in [0.717, 1.165) is 0 Å². The minimum Gasteiger partial charge on any atom is -0.497 e. The summed E-state index contributed by atoms with van der Waals surface area (Å²) in [6.07, 6.45) is 0. The van der Waals surface area contributed by atoms with E-state index in [4.69, 9.17) is 4.74 Å². The van der Waals surface area contributed by atoms with Crippen LogP contribution >= 0.6 is 0 Å². The molecule has 3 nitrogen and oxygen atoms in total. The van der Waals surface area contributed by atoms with Gasteiger partial charge in [-0.05, 0) is 31.2 Å². The SMILES string of the molecule is COc1ccc(C(=O)c2ccc(C(C)=O)cc2)cc1. The molecule has 2 aromatic rings. The molecule has 0 spiro atoms. The zero-order chi connectivity index (χ0) is 13.8. The third-order valence-electron chi connectivity index (χ3n) is 2.91. The van der Waals surface area contributed by atoms with Crippen LogP contribution in [0.5, 0.6) is 5.75 Å². The Bertz CT molecular complexity index is 595. The summed E-state index contributed by atoms with van der Waals surface area (Å²) in [6, 6.07) is 13.6. The van der Waals surface area contributed by atoms with Crippen LogP contribution in [0.1, 0.15) is 33.2 Å². The van der Waals surface area contributed by atoms with E-state index in [-0.39, 0.29) is 11.6 Å². The van der Waals surface area contributed by atoms with Gasteiger partial charge in [-0.1, -0.05) is 24.3 Å². The fourth-order valence-electron chi connectivity index (χ4n) is 1.77. The predicted molar refractivity (Wildman–Crippen MR) is 72.9 cm³/mol. The van der Waals surface area contributed by atoms with Crippen LogP contribution in [0, 0.1) is 0 Å². The van der Waals surface area contributed by atoms with E-state index in [9.17, 15) is 9.59 Å². The Morgan fingerprint density at radius 3 is 1.63 bits per heavy atom. The summed E-state index contributed by atoms with van der Waals surface area (Å²) >= 11 is 0. The van der Waals surface area contributed by atoms with Crippen molar-refractivity contribution in [2.75, 3.05) is 7.11 Å². The zero-order valence-corrected chi connectivity index (χ0v) is 10.8. The highest BCUT2D eigenvalue weighted by atomic mass is 16.5. The van der Waals surface area contributed by atoms with Crippen LogP contribution in [0.15, 0.2) is 48.5 Å². The average Bonchev–Trinajstić information content (AvgIpc) is 2.46. The molecule has 0 N–H and O–H groups in total. The molecule has 0 radical (unpaired) electrons. The average molecular weight is 254 g/mol. The zero-order valence-electron chi connectivity index (χ0n) is 10.8. The third-order valence-corrected chi connectivity index (χ3v) is 2.91. The van der Waals surface area contributed by atoms with Gasteiger partial charge in [0.05, 0.1) is 7.11 Å². The van der Waals surface area contributed by atoms with Crippen molar-refractivity contribution < 1.29 is 14.3 Å². The minimum absolute atomic E-state index is 0.0107. The summed E-state index contributed by atoms with van der Waals surface area (Å²) in [5, 5.41) is 0. The molecule has 0 aliphatic heterocycles. The first-order valence-electron chi connectivity index (χ1n) is 5.91. The van der Waals surface area contributed by atoms with E-state index in [1.165, 1.54) is 6.92 Å². The van der Waals surface area contributed by atoms with Crippen LogP contribution in [-0.4, -0.2) is 18.7 Å². The van der Waals surface area contributed by atoms with Gasteiger partial charge in [-0.25, -0.2) is 0 Å². The molecular formula is C16H14O3. The fourth-order valence-corrected chi connectivity index (χ4v) is 1.77. The molecule has 0 unspecified atom stereocenters. The number of Topliss-reactive ketones (excluding diaryl/α,β-unsaturated/α-hetero) is 1. The van der Waals surface area contributed by atoms with Crippen molar-refractivity contribution in [2.24, 2.45) is 0 Å². The van der Waals surface area contributed by atoms with E-state index in [1.54, 1.807) is 55.6 Å². The van der Waals surface area contributed by atoms with Crippen molar-refractivity contribution in [1.29, 1.82) is 0 Å². The van der Waals surface area contributed by atoms with Gasteiger partial charge in [0.1, 0.15) is 5.75 Å². The minimum atomic E-state index is -0.0715. The fraction of sp³-hybridized carbons (Fsp3) is 0.125. The first kappa shape index (κ1) is 13.0. The largest absolute Gasteiger partial charge is 0.497 e. The second kappa shape index (κ2) is 5.48. The number of methoxy groups -OCH3 is 1. The highest BCUT2D eigenvalue weighted by Gasteiger charge is 2.09. The van der Waals surface area contributed by atoms with Gasteiger partial charge in [0.15, 0.2) is 11.6 Å². The number of ether oxygens (including phenoxy) is 1. The predicted octanol–water partition coefficient (Wildman–Crippen LogP) is 3.13. The molecule has 3 heteroatoms. The van der Waals surface area contributed by atoms with Crippen molar-refractivity contribution >= 4 is 11.6 Å². The van der Waals surface area contributed by atoms with Gasteiger partial charge in [-0.15, -0.1) is 0 Å². The number of hydrogen-bond donors (Lipinski definition) is 0. The van der Waals surface area contributed by atoms with E-state index >= 15 is 0 Å². The van der Waals surface area contributed by atoms with Crippen molar-refractivity contribution in [3.63, 3.8) is 0 Å². The van der Waals surface area contributed by atoms with Gasteiger partial charge in [0, 0.05) is 16.7 Å². The topological polar surface area (TPSA) is 43.4 Å². The lowest BCUT2D eigenvalue weighted by Gasteiger charge is -2.04. The van der Waals surface area contributed by atoms with Crippen LogP contribution in [0.4, 0.5) is 0 Å². The Kier molecular flexibility index (Phi) is 3.76. The summed E-state index contributed by atoms with van der Waals surface area (Å²) in [6.45, 7) is 1.50. The number of rotatable bonds is 4. The van der Waals surface area contributed by atoms with Gasteiger partial charge in [0.25, 0.3) is 0 Å². The van der Waals surface area contributed by atoms with Gasteiger partial charge in [-0.2, -0.15) is 0 Å². The normalized spacial score (nSPS) is 10.0. The Labute approximate surface area is 111 Å². The molecule has 96 valence electrons. The summed E-state index contributed by atoms with van der Waals surface area (Å²) in [5.74, 6) is 0.629. The molecule has 0 saturated heterocycles. The summed E-state index contributed by atoms with van der Waals surface area (Å²) in [7, 11) is 1.58. The standard InChI is InChI=1S/C16H14O3/c1-11(17)12-3-5-13(6-4-12)16(18)14-7-9-15(19-2)10-8-14/h3-10H,1-2H3. The monoisotopic (exact) mass is 254 g/mol. The second-order valence-electron chi connectivity index (χ2n) is 4.19.